The molecule has 0 spiro atoms. The summed E-state index contributed by atoms with van der Waals surface area (Å²) in [6, 6.07) is 0. The molecule has 0 aliphatic carbocycles. The van der Waals surface area contributed by atoms with Gasteiger partial charge in [-0.2, -0.15) is 0 Å². The van der Waals surface area contributed by atoms with E-state index in [0.717, 1.165) is 19.8 Å². The lowest BCUT2D eigenvalue weighted by Crippen LogP contribution is -2.28. The monoisotopic (exact) mass is 221 g/mol. The zero-order valence-electron chi connectivity index (χ0n) is 9.72. The van der Waals surface area contributed by atoms with Crippen molar-refractivity contribution in [2.24, 2.45) is 5.92 Å². The summed E-state index contributed by atoms with van der Waals surface area (Å²) >= 11 is 0. The van der Waals surface area contributed by atoms with Gasteiger partial charge in [0.05, 0.1) is 0 Å². The van der Waals surface area contributed by atoms with Crippen molar-refractivity contribution in [3.8, 4) is 0 Å². The average Bonchev–Trinajstić information content (AvgIpc) is 2.11. The third-order valence-corrected chi connectivity index (χ3v) is 1.75. The van der Waals surface area contributed by atoms with Crippen molar-refractivity contribution in [2.45, 2.75) is 39.5 Å². The van der Waals surface area contributed by atoms with Crippen molar-refractivity contribution in [3.63, 3.8) is 0 Å². The molecule has 4 heteroatoms. The number of hydrogen-bond donors (Lipinski definition) is 1. The molecule has 0 rings (SSSR count). The van der Waals surface area contributed by atoms with Gasteiger partial charge >= 0.3 is 0 Å². The molecule has 2 nitrogen and oxygen atoms in total. The second kappa shape index (κ2) is 7.77. The van der Waals surface area contributed by atoms with E-state index in [-0.39, 0.29) is 0 Å². The zero-order chi connectivity index (χ0) is 11.7. The smallest absolute Gasteiger partial charge is 0.270 e. The molecule has 0 aliphatic heterocycles. The second-order valence-electron chi connectivity index (χ2n) is 3.90. The predicted octanol–water partition coefficient (Wildman–Crippen LogP) is 3.16. The number of hydrogen-bond acceptors (Lipinski definition) is 2. The lowest BCUT2D eigenvalue weighted by molar-refractivity contribution is -0.0952. The second-order valence-corrected chi connectivity index (χ2v) is 3.90. The Balaban J connectivity index is 3.43. The Morgan fingerprint density at radius 3 is 2.67 bits per heavy atom. The lowest BCUT2D eigenvalue weighted by Gasteiger charge is -2.12. The van der Waals surface area contributed by atoms with Crippen LogP contribution in [0, 0.1) is 5.92 Å². The molecule has 15 heavy (non-hydrogen) atoms. The van der Waals surface area contributed by atoms with Gasteiger partial charge in [-0.15, -0.1) is 0 Å². The molecule has 0 saturated carbocycles. The van der Waals surface area contributed by atoms with Gasteiger partial charge in [0.15, 0.2) is 0 Å². The Morgan fingerprint density at radius 2 is 2.13 bits per heavy atom. The van der Waals surface area contributed by atoms with Crippen molar-refractivity contribution in [1.29, 1.82) is 0 Å². The van der Waals surface area contributed by atoms with Gasteiger partial charge in [-0.25, -0.2) is 14.3 Å². The Bertz CT molecular complexity index is 178. The number of hydroxylamine groups is 1. The quantitative estimate of drug-likeness (QED) is 0.386. The molecule has 0 radical (unpaired) electrons. The normalized spacial score (nSPS) is 14.7. The first kappa shape index (κ1) is 14.5. The Kier molecular flexibility index (Phi) is 7.52. The number of rotatable bonds is 8. The maximum Gasteiger partial charge on any atom is 0.270 e. The topological polar surface area (TPSA) is 21.3 Å². The van der Waals surface area contributed by atoms with Crippen LogP contribution in [0.3, 0.4) is 0 Å². The number of unbranched alkanes of at least 4 members (excludes halogenated alkanes) is 1. The van der Waals surface area contributed by atoms with Crippen LogP contribution in [0.2, 0.25) is 0 Å². The van der Waals surface area contributed by atoms with E-state index < -0.39 is 12.5 Å². The summed E-state index contributed by atoms with van der Waals surface area (Å²) in [6.45, 7) is 4.92. The van der Waals surface area contributed by atoms with Crippen LogP contribution in [0.5, 0.6) is 0 Å². The molecule has 0 aromatic heterocycles. The first-order valence-electron chi connectivity index (χ1n) is 5.35. The minimum atomic E-state index is -2.77. The zero-order valence-corrected chi connectivity index (χ0v) is 9.72. The lowest BCUT2D eigenvalue weighted by atomic mass is 10.1. The fourth-order valence-electron chi connectivity index (χ4n) is 0.931. The first-order chi connectivity index (χ1) is 6.95. The van der Waals surface area contributed by atoms with Crippen LogP contribution in [0.1, 0.15) is 33.6 Å². The van der Waals surface area contributed by atoms with Gasteiger partial charge in [-0.05, 0) is 12.3 Å². The maximum absolute atomic E-state index is 12.3. The molecule has 1 unspecified atom stereocenters. The highest BCUT2D eigenvalue weighted by atomic mass is 19.3. The average molecular weight is 221 g/mol. The van der Waals surface area contributed by atoms with E-state index in [1.54, 1.807) is 0 Å². The van der Waals surface area contributed by atoms with Gasteiger partial charge < -0.3 is 0 Å². The van der Waals surface area contributed by atoms with Crippen LogP contribution in [-0.2, 0) is 4.84 Å². The van der Waals surface area contributed by atoms with Crippen LogP contribution in [0.15, 0.2) is 12.2 Å². The fraction of sp³-hybridized carbons (Fsp3) is 0.818. The van der Waals surface area contributed by atoms with E-state index in [9.17, 15) is 8.78 Å². The van der Waals surface area contributed by atoms with E-state index in [2.05, 4.69) is 29.4 Å². The number of alkyl halides is 2. The summed E-state index contributed by atoms with van der Waals surface area (Å²) in [7, 11) is 0. The molecule has 90 valence electrons. The molecule has 0 aromatic carbocycles. The fourth-order valence-corrected chi connectivity index (χ4v) is 0.931. The van der Waals surface area contributed by atoms with Crippen molar-refractivity contribution in [1.82, 2.24) is 5.48 Å². The van der Waals surface area contributed by atoms with Gasteiger partial charge in [0.2, 0.25) is 0 Å². The predicted molar refractivity (Wildman–Crippen MR) is 57.8 cm³/mol. The summed E-state index contributed by atoms with van der Waals surface area (Å²) in [6.07, 6.45) is 6.33. The Hall–Kier alpha value is -0.480. The summed E-state index contributed by atoms with van der Waals surface area (Å²) in [5.41, 5.74) is 2.54. The molecular weight excluding hydrogens is 200 g/mol. The minimum Gasteiger partial charge on any atom is -0.295 e. The molecule has 0 amide bonds. The van der Waals surface area contributed by atoms with Crippen LogP contribution in [0.25, 0.3) is 0 Å². The molecule has 0 aromatic rings. The molecule has 1 atom stereocenters. The van der Waals surface area contributed by atoms with Gasteiger partial charge in [-0.1, -0.05) is 32.4 Å². The summed E-state index contributed by atoms with van der Waals surface area (Å²) < 4.78 is 24.6. The van der Waals surface area contributed by atoms with Gasteiger partial charge in [-0.3, -0.25) is 4.84 Å². The number of allylic oxidation sites excluding steroid dienone is 1. The Morgan fingerprint density at radius 1 is 1.47 bits per heavy atom. The summed E-state index contributed by atoms with van der Waals surface area (Å²) in [5.74, 6) is -2.48. The largest absolute Gasteiger partial charge is 0.295 e. The first-order valence-corrected chi connectivity index (χ1v) is 5.35. The van der Waals surface area contributed by atoms with E-state index in [1.807, 2.05) is 6.92 Å². The summed E-state index contributed by atoms with van der Waals surface area (Å²) in [5, 5.41) is 0. The van der Waals surface area contributed by atoms with E-state index in [4.69, 9.17) is 0 Å². The summed E-state index contributed by atoms with van der Waals surface area (Å²) in [4.78, 5) is 4.64. The third kappa shape index (κ3) is 11.4. The van der Waals surface area contributed by atoms with Crippen molar-refractivity contribution < 1.29 is 13.6 Å². The van der Waals surface area contributed by atoms with Gasteiger partial charge in [0.25, 0.3) is 5.92 Å². The molecule has 1 N–H and O–H groups in total. The van der Waals surface area contributed by atoms with E-state index in [0.29, 0.717) is 12.5 Å². The SMILES string of the molecule is CCC/C=C\C(C)CNOCC(C)(F)F. The van der Waals surface area contributed by atoms with E-state index >= 15 is 0 Å². The standard InChI is InChI=1S/C11H21F2NO/c1-4-5-6-7-10(2)8-14-15-9-11(3,12)13/h6-7,10,14H,4-5,8-9H2,1-3H3/b7-6-. The molecule has 0 heterocycles. The Labute approximate surface area is 90.6 Å². The molecule has 0 fully saturated rings. The van der Waals surface area contributed by atoms with Gasteiger partial charge in [0.1, 0.15) is 6.61 Å². The van der Waals surface area contributed by atoms with Crippen molar-refractivity contribution >= 4 is 0 Å². The highest BCUT2D eigenvalue weighted by Crippen LogP contribution is 2.10. The van der Waals surface area contributed by atoms with E-state index in [1.165, 1.54) is 0 Å². The maximum atomic E-state index is 12.3. The number of nitrogens with one attached hydrogen (secondary N) is 1. The minimum absolute atomic E-state index is 0.294. The van der Waals surface area contributed by atoms with Crippen LogP contribution >= 0.6 is 0 Å². The molecule has 0 saturated heterocycles. The highest BCUT2D eigenvalue weighted by molar-refractivity contribution is 4.86. The molecular formula is C11H21F2NO. The van der Waals surface area contributed by atoms with Crippen LogP contribution in [0.4, 0.5) is 8.78 Å². The van der Waals surface area contributed by atoms with Crippen LogP contribution in [-0.4, -0.2) is 19.1 Å². The third-order valence-electron chi connectivity index (χ3n) is 1.75. The van der Waals surface area contributed by atoms with Crippen molar-refractivity contribution in [2.75, 3.05) is 13.2 Å². The number of halogens is 2. The van der Waals surface area contributed by atoms with Crippen LogP contribution < -0.4 is 5.48 Å². The van der Waals surface area contributed by atoms with Crippen molar-refractivity contribution in [3.05, 3.63) is 12.2 Å². The molecule has 0 bridgehead atoms. The highest BCUT2D eigenvalue weighted by Gasteiger charge is 2.21. The molecule has 0 aliphatic rings. The van der Waals surface area contributed by atoms with Gasteiger partial charge in [0, 0.05) is 13.5 Å².